The average Bonchev–Trinajstić information content (AvgIpc) is 2.54. The van der Waals surface area contributed by atoms with Crippen molar-refractivity contribution in [2.24, 2.45) is 0 Å². The zero-order valence-electron chi connectivity index (χ0n) is 13.0. The van der Waals surface area contributed by atoms with Crippen LogP contribution in [0.25, 0.3) is 0 Å². The lowest BCUT2D eigenvalue weighted by molar-refractivity contribution is -0.136. The third-order valence-corrected chi connectivity index (χ3v) is 3.18. The fourth-order valence-electron chi connectivity index (χ4n) is 1.99. The molecule has 0 aliphatic carbocycles. The van der Waals surface area contributed by atoms with Gasteiger partial charge in [0.15, 0.2) is 11.6 Å². The quantitative estimate of drug-likeness (QED) is 0.821. The molecule has 0 atom stereocenters. The molecule has 0 radical (unpaired) electrons. The van der Waals surface area contributed by atoms with Crippen molar-refractivity contribution in [3.63, 3.8) is 0 Å². The van der Waals surface area contributed by atoms with Gasteiger partial charge in [-0.05, 0) is 30.7 Å². The first-order chi connectivity index (χ1) is 11.4. The Labute approximate surface area is 137 Å². The molecule has 0 fully saturated rings. The standard InChI is InChI=1S/C16H17F3N4O/c1-2-3-8-15(24)21-14-10-9-13(22-23-14)20-12-7-5-4-6-11(12)16(17,18)19/h4-7,9-10H,2-3,8H2,1H3,(H,20,22)(H,21,23,24). The van der Waals surface area contributed by atoms with Crippen molar-refractivity contribution in [1.29, 1.82) is 0 Å². The van der Waals surface area contributed by atoms with Crippen LogP contribution in [0.2, 0.25) is 0 Å². The van der Waals surface area contributed by atoms with Gasteiger partial charge in [-0.1, -0.05) is 25.5 Å². The van der Waals surface area contributed by atoms with Crippen LogP contribution < -0.4 is 10.6 Å². The van der Waals surface area contributed by atoms with E-state index < -0.39 is 11.7 Å². The predicted molar refractivity (Wildman–Crippen MR) is 84.9 cm³/mol. The molecule has 0 saturated carbocycles. The monoisotopic (exact) mass is 338 g/mol. The van der Waals surface area contributed by atoms with Gasteiger partial charge in [-0.3, -0.25) is 4.79 Å². The van der Waals surface area contributed by atoms with Gasteiger partial charge in [0.1, 0.15) is 0 Å². The summed E-state index contributed by atoms with van der Waals surface area (Å²) in [7, 11) is 0. The molecule has 8 heteroatoms. The third kappa shape index (κ3) is 4.94. The number of benzene rings is 1. The van der Waals surface area contributed by atoms with E-state index in [-0.39, 0.29) is 23.2 Å². The summed E-state index contributed by atoms with van der Waals surface area (Å²) in [5, 5.41) is 12.7. The number of para-hydroxylation sites is 1. The number of nitrogens with zero attached hydrogens (tertiary/aromatic N) is 2. The second-order valence-corrected chi connectivity index (χ2v) is 5.12. The van der Waals surface area contributed by atoms with Crippen LogP contribution in [-0.2, 0) is 11.0 Å². The van der Waals surface area contributed by atoms with Gasteiger partial charge in [-0.2, -0.15) is 13.2 Å². The maximum Gasteiger partial charge on any atom is 0.418 e. The molecule has 2 N–H and O–H groups in total. The molecular weight excluding hydrogens is 321 g/mol. The Morgan fingerprint density at radius 2 is 1.75 bits per heavy atom. The Bertz CT molecular complexity index is 686. The summed E-state index contributed by atoms with van der Waals surface area (Å²) in [5.74, 6) is 0.235. The van der Waals surface area contributed by atoms with E-state index >= 15 is 0 Å². The Balaban J connectivity index is 2.06. The van der Waals surface area contributed by atoms with Crippen molar-refractivity contribution in [1.82, 2.24) is 10.2 Å². The first kappa shape index (κ1) is 17.7. The molecule has 5 nitrogen and oxygen atoms in total. The fraction of sp³-hybridized carbons (Fsp3) is 0.312. The van der Waals surface area contributed by atoms with Crippen LogP contribution >= 0.6 is 0 Å². The zero-order chi connectivity index (χ0) is 17.6. The largest absolute Gasteiger partial charge is 0.418 e. The highest BCUT2D eigenvalue weighted by molar-refractivity contribution is 5.89. The number of alkyl halides is 3. The van der Waals surface area contributed by atoms with Gasteiger partial charge in [-0.15, -0.1) is 10.2 Å². The maximum absolute atomic E-state index is 12.9. The number of halogens is 3. The Morgan fingerprint density at radius 3 is 2.38 bits per heavy atom. The smallest absolute Gasteiger partial charge is 0.338 e. The Morgan fingerprint density at radius 1 is 1.08 bits per heavy atom. The number of unbranched alkanes of at least 4 members (excludes halogenated alkanes) is 1. The lowest BCUT2D eigenvalue weighted by atomic mass is 10.1. The number of rotatable bonds is 6. The van der Waals surface area contributed by atoms with Crippen molar-refractivity contribution in [3.8, 4) is 0 Å². The molecule has 1 aromatic heterocycles. The first-order valence-electron chi connectivity index (χ1n) is 7.47. The summed E-state index contributed by atoms with van der Waals surface area (Å²) in [6.45, 7) is 1.98. The molecule has 1 aromatic carbocycles. The van der Waals surface area contributed by atoms with Gasteiger partial charge in [0.25, 0.3) is 0 Å². The number of carbonyl (C=O) groups excluding carboxylic acids is 1. The van der Waals surface area contributed by atoms with Gasteiger partial charge < -0.3 is 10.6 Å². The Hall–Kier alpha value is -2.64. The van der Waals surface area contributed by atoms with Gasteiger partial charge in [0.05, 0.1) is 11.3 Å². The lowest BCUT2D eigenvalue weighted by Crippen LogP contribution is -2.13. The highest BCUT2D eigenvalue weighted by Crippen LogP contribution is 2.35. The molecule has 0 unspecified atom stereocenters. The van der Waals surface area contributed by atoms with Gasteiger partial charge >= 0.3 is 6.18 Å². The molecule has 2 aromatic rings. The van der Waals surface area contributed by atoms with Crippen LogP contribution in [0, 0.1) is 0 Å². The zero-order valence-corrected chi connectivity index (χ0v) is 13.0. The molecular formula is C16H17F3N4O. The van der Waals surface area contributed by atoms with Crippen molar-refractivity contribution < 1.29 is 18.0 Å². The fourth-order valence-corrected chi connectivity index (χ4v) is 1.99. The molecule has 0 aliphatic rings. The van der Waals surface area contributed by atoms with E-state index in [4.69, 9.17) is 0 Å². The molecule has 0 spiro atoms. The van der Waals surface area contributed by atoms with E-state index in [0.29, 0.717) is 6.42 Å². The van der Waals surface area contributed by atoms with Crippen molar-refractivity contribution in [2.75, 3.05) is 10.6 Å². The van der Waals surface area contributed by atoms with E-state index in [1.54, 1.807) is 0 Å². The van der Waals surface area contributed by atoms with E-state index in [2.05, 4.69) is 20.8 Å². The van der Waals surface area contributed by atoms with Crippen LogP contribution in [0.1, 0.15) is 31.7 Å². The minimum atomic E-state index is -4.47. The second-order valence-electron chi connectivity index (χ2n) is 5.12. The minimum Gasteiger partial charge on any atom is -0.338 e. The van der Waals surface area contributed by atoms with Crippen LogP contribution in [0.3, 0.4) is 0 Å². The number of nitrogens with one attached hydrogen (secondary N) is 2. The lowest BCUT2D eigenvalue weighted by Gasteiger charge is -2.13. The number of anilines is 3. The van der Waals surface area contributed by atoms with Gasteiger partial charge in [0, 0.05) is 6.42 Å². The van der Waals surface area contributed by atoms with E-state index in [0.717, 1.165) is 18.9 Å². The minimum absolute atomic E-state index is 0.112. The first-order valence-corrected chi connectivity index (χ1v) is 7.47. The topological polar surface area (TPSA) is 66.9 Å². The van der Waals surface area contributed by atoms with E-state index in [9.17, 15) is 18.0 Å². The third-order valence-electron chi connectivity index (χ3n) is 3.18. The maximum atomic E-state index is 12.9. The van der Waals surface area contributed by atoms with Gasteiger partial charge in [0.2, 0.25) is 5.91 Å². The molecule has 1 amide bonds. The molecule has 2 rings (SSSR count). The summed E-state index contributed by atoms with van der Waals surface area (Å²) < 4.78 is 38.8. The van der Waals surface area contributed by atoms with Crippen molar-refractivity contribution >= 4 is 23.2 Å². The van der Waals surface area contributed by atoms with Crippen molar-refractivity contribution in [2.45, 2.75) is 32.4 Å². The predicted octanol–water partition coefficient (Wildman–Crippen LogP) is 4.37. The average molecular weight is 338 g/mol. The molecule has 0 saturated heterocycles. The second kappa shape index (κ2) is 7.76. The number of carbonyl (C=O) groups is 1. The molecule has 0 aliphatic heterocycles. The molecule has 0 bridgehead atoms. The summed E-state index contributed by atoms with van der Waals surface area (Å²) in [6.07, 6.45) is -2.41. The number of aromatic nitrogens is 2. The van der Waals surface area contributed by atoms with Crippen LogP contribution in [0.15, 0.2) is 36.4 Å². The van der Waals surface area contributed by atoms with Crippen LogP contribution in [0.5, 0.6) is 0 Å². The van der Waals surface area contributed by atoms with Crippen molar-refractivity contribution in [3.05, 3.63) is 42.0 Å². The van der Waals surface area contributed by atoms with E-state index in [1.807, 2.05) is 6.92 Å². The van der Waals surface area contributed by atoms with Crippen LogP contribution in [0.4, 0.5) is 30.5 Å². The molecule has 1 heterocycles. The van der Waals surface area contributed by atoms with E-state index in [1.165, 1.54) is 30.3 Å². The number of amides is 1. The summed E-state index contributed by atoms with van der Waals surface area (Å²) >= 11 is 0. The normalized spacial score (nSPS) is 11.2. The Kier molecular flexibility index (Phi) is 5.73. The number of hydrogen-bond acceptors (Lipinski definition) is 4. The van der Waals surface area contributed by atoms with Gasteiger partial charge in [-0.25, -0.2) is 0 Å². The highest BCUT2D eigenvalue weighted by atomic mass is 19.4. The summed E-state index contributed by atoms with van der Waals surface area (Å²) in [4.78, 5) is 11.6. The molecule has 24 heavy (non-hydrogen) atoms. The molecule has 128 valence electrons. The highest BCUT2D eigenvalue weighted by Gasteiger charge is 2.33. The summed E-state index contributed by atoms with van der Waals surface area (Å²) in [6, 6.07) is 8.04. The summed E-state index contributed by atoms with van der Waals surface area (Å²) in [5.41, 5.74) is -0.900. The number of hydrogen-bond donors (Lipinski definition) is 2. The van der Waals surface area contributed by atoms with Crippen LogP contribution in [-0.4, -0.2) is 16.1 Å². The SMILES string of the molecule is CCCCC(=O)Nc1ccc(Nc2ccccc2C(F)(F)F)nn1.